The van der Waals surface area contributed by atoms with Crippen LogP contribution in [-0.4, -0.2) is 31.3 Å². The third-order valence-corrected chi connectivity index (χ3v) is 2.65. The minimum absolute atomic E-state index is 0.174. The quantitative estimate of drug-likeness (QED) is 0.422. The van der Waals surface area contributed by atoms with Gasteiger partial charge in [-0.05, 0) is 33.7 Å². The topological polar surface area (TPSA) is 66.4 Å². The van der Waals surface area contributed by atoms with Gasteiger partial charge in [-0.2, -0.15) is 8.42 Å². The van der Waals surface area contributed by atoms with Crippen molar-refractivity contribution in [3.63, 3.8) is 0 Å². The molecule has 2 N–H and O–H groups in total. The number of unbranched alkanes of at least 4 members (excludes halogenated alkanes) is 2. The summed E-state index contributed by atoms with van der Waals surface area (Å²) in [7, 11) is -3.83. The molecule has 0 rings (SSSR count). The van der Waals surface area contributed by atoms with Gasteiger partial charge in [0.2, 0.25) is 0 Å². The Morgan fingerprint density at radius 3 is 2.18 bits per heavy atom. The van der Waals surface area contributed by atoms with Crippen LogP contribution in [0.2, 0.25) is 0 Å². The molecule has 0 saturated carbocycles. The fourth-order valence-corrected chi connectivity index (χ4v) is 1.85. The molecule has 0 heterocycles. The van der Waals surface area contributed by atoms with E-state index in [0.29, 0.717) is 0 Å². The molecule has 1 unspecified atom stereocenters. The van der Waals surface area contributed by atoms with Gasteiger partial charge in [0.05, 0.1) is 5.75 Å². The van der Waals surface area contributed by atoms with Crippen molar-refractivity contribution in [3.8, 4) is 0 Å². The van der Waals surface area contributed by atoms with Crippen molar-refractivity contribution in [1.82, 2.24) is 5.32 Å². The van der Waals surface area contributed by atoms with Crippen LogP contribution in [0.3, 0.4) is 0 Å². The van der Waals surface area contributed by atoms with Gasteiger partial charge in [-0.3, -0.25) is 4.55 Å². The predicted octanol–water partition coefficient (Wildman–Crippen LogP) is 2.62. The van der Waals surface area contributed by atoms with E-state index in [9.17, 15) is 8.42 Å². The lowest BCUT2D eigenvalue weighted by atomic mass is 10.2. The second-order valence-corrected chi connectivity index (χ2v) is 6.02. The van der Waals surface area contributed by atoms with E-state index < -0.39 is 10.1 Å². The SMILES string of the molecule is C=C(C)C.CCCCCNC(C)CS(=O)(=O)O. The molecule has 5 heteroatoms. The van der Waals surface area contributed by atoms with Crippen LogP contribution in [-0.2, 0) is 10.1 Å². The second kappa shape index (κ2) is 10.7. The highest BCUT2D eigenvalue weighted by molar-refractivity contribution is 7.85. The molecule has 104 valence electrons. The second-order valence-electron chi connectivity index (χ2n) is 4.52. The average Bonchev–Trinajstić information content (AvgIpc) is 2.08. The summed E-state index contributed by atoms with van der Waals surface area (Å²) in [5.41, 5.74) is 1.17. The first kappa shape index (κ1) is 19.0. The van der Waals surface area contributed by atoms with E-state index in [1.54, 1.807) is 6.92 Å². The number of hydrogen-bond donors (Lipinski definition) is 2. The highest BCUT2D eigenvalue weighted by Crippen LogP contribution is 1.94. The first-order valence-corrected chi connectivity index (χ1v) is 7.60. The van der Waals surface area contributed by atoms with Crippen LogP contribution in [0.5, 0.6) is 0 Å². The van der Waals surface area contributed by atoms with Gasteiger partial charge in [-0.1, -0.05) is 25.3 Å². The van der Waals surface area contributed by atoms with Crippen LogP contribution in [0, 0.1) is 0 Å². The van der Waals surface area contributed by atoms with Crippen molar-refractivity contribution in [1.29, 1.82) is 0 Å². The standard InChI is InChI=1S/C8H19NO3S.C4H8/c1-3-4-5-6-9-8(2)7-13(10,11)12;1-4(2)3/h8-9H,3-7H2,1-2H3,(H,10,11,12);1H2,2-3H3. The van der Waals surface area contributed by atoms with E-state index in [1.165, 1.54) is 5.57 Å². The summed E-state index contributed by atoms with van der Waals surface area (Å²) in [4.78, 5) is 0. The zero-order valence-corrected chi connectivity index (χ0v) is 12.3. The maximum absolute atomic E-state index is 10.4. The molecular weight excluding hydrogens is 238 g/mol. The predicted molar refractivity (Wildman–Crippen MR) is 73.9 cm³/mol. The molecule has 0 aliphatic heterocycles. The molecule has 0 bridgehead atoms. The molecule has 0 aliphatic rings. The molecule has 0 saturated heterocycles. The lowest BCUT2D eigenvalue weighted by Crippen LogP contribution is -2.33. The molecular formula is C12H27NO3S. The van der Waals surface area contributed by atoms with Crippen LogP contribution in [0.15, 0.2) is 12.2 Å². The van der Waals surface area contributed by atoms with E-state index in [0.717, 1.165) is 25.8 Å². The minimum atomic E-state index is -3.83. The highest BCUT2D eigenvalue weighted by atomic mass is 32.2. The van der Waals surface area contributed by atoms with Gasteiger partial charge in [-0.15, -0.1) is 6.58 Å². The van der Waals surface area contributed by atoms with Crippen LogP contribution in [0.25, 0.3) is 0 Å². The van der Waals surface area contributed by atoms with Crippen molar-refractivity contribution < 1.29 is 13.0 Å². The monoisotopic (exact) mass is 265 g/mol. The van der Waals surface area contributed by atoms with Gasteiger partial charge in [0.1, 0.15) is 0 Å². The Hall–Kier alpha value is -0.390. The summed E-state index contributed by atoms with van der Waals surface area (Å²) in [6.07, 6.45) is 3.34. The Morgan fingerprint density at radius 1 is 1.35 bits per heavy atom. The van der Waals surface area contributed by atoms with Crippen LogP contribution < -0.4 is 5.32 Å². The number of allylic oxidation sites excluding steroid dienone is 1. The molecule has 1 atom stereocenters. The van der Waals surface area contributed by atoms with E-state index >= 15 is 0 Å². The molecule has 0 amide bonds. The lowest BCUT2D eigenvalue weighted by molar-refractivity contribution is 0.467. The van der Waals surface area contributed by atoms with Crippen molar-refractivity contribution in [2.45, 2.75) is 53.0 Å². The molecule has 0 aromatic rings. The molecule has 0 spiro atoms. The Morgan fingerprint density at radius 2 is 1.82 bits per heavy atom. The van der Waals surface area contributed by atoms with E-state index in [1.807, 2.05) is 13.8 Å². The van der Waals surface area contributed by atoms with Gasteiger partial charge >= 0.3 is 0 Å². The lowest BCUT2D eigenvalue weighted by Gasteiger charge is -2.11. The normalized spacial score (nSPS) is 12.5. The Labute approximate surface area is 106 Å². The van der Waals surface area contributed by atoms with Crippen molar-refractivity contribution >= 4 is 10.1 Å². The largest absolute Gasteiger partial charge is 0.313 e. The Balaban J connectivity index is 0. The first-order chi connectivity index (χ1) is 7.69. The van der Waals surface area contributed by atoms with Gasteiger partial charge in [0.15, 0.2) is 0 Å². The molecule has 0 aromatic carbocycles. The third kappa shape index (κ3) is 25.7. The molecule has 0 aliphatic carbocycles. The van der Waals surface area contributed by atoms with Gasteiger partial charge < -0.3 is 5.32 Å². The summed E-state index contributed by atoms with van der Waals surface area (Å²) in [6, 6.07) is -0.174. The number of rotatable bonds is 7. The summed E-state index contributed by atoms with van der Waals surface area (Å²) < 4.78 is 29.4. The van der Waals surface area contributed by atoms with Gasteiger partial charge in [0.25, 0.3) is 10.1 Å². The smallest absolute Gasteiger partial charge is 0.266 e. The molecule has 4 nitrogen and oxygen atoms in total. The zero-order valence-electron chi connectivity index (χ0n) is 11.5. The Bertz CT molecular complexity index is 282. The molecule has 17 heavy (non-hydrogen) atoms. The van der Waals surface area contributed by atoms with E-state index in [2.05, 4.69) is 18.8 Å². The summed E-state index contributed by atoms with van der Waals surface area (Å²) in [5, 5.41) is 3.03. The maximum atomic E-state index is 10.4. The highest BCUT2D eigenvalue weighted by Gasteiger charge is 2.10. The summed E-state index contributed by atoms with van der Waals surface area (Å²) >= 11 is 0. The van der Waals surface area contributed by atoms with Gasteiger partial charge in [0, 0.05) is 6.04 Å². The van der Waals surface area contributed by atoms with Crippen LogP contribution in [0.4, 0.5) is 0 Å². The summed E-state index contributed by atoms with van der Waals surface area (Å²) in [6.45, 7) is 12.2. The first-order valence-electron chi connectivity index (χ1n) is 5.99. The van der Waals surface area contributed by atoms with Crippen LogP contribution in [0.1, 0.15) is 47.0 Å². The molecule has 0 aromatic heterocycles. The third-order valence-electron chi connectivity index (χ3n) is 1.73. The minimum Gasteiger partial charge on any atom is -0.313 e. The van der Waals surface area contributed by atoms with Crippen molar-refractivity contribution in [3.05, 3.63) is 12.2 Å². The molecule has 0 radical (unpaired) electrons. The van der Waals surface area contributed by atoms with Crippen molar-refractivity contribution in [2.24, 2.45) is 0 Å². The average molecular weight is 265 g/mol. The van der Waals surface area contributed by atoms with Gasteiger partial charge in [-0.25, -0.2) is 0 Å². The van der Waals surface area contributed by atoms with E-state index in [-0.39, 0.29) is 11.8 Å². The maximum Gasteiger partial charge on any atom is 0.266 e. The van der Waals surface area contributed by atoms with Crippen LogP contribution >= 0.6 is 0 Å². The zero-order chi connectivity index (χ0) is 13.9. The number of nitrogens with one attached hydrogen (secondary N) is 1. The number of hydrogen-bond acceptors (Lipinski definition) is 3. The van der Waals surface area contributed by atoms with Crippen molar-refractivity contribution in [2.75, 3.05) is 12.3 Å². The fraction of sp³-hybridized carbons (Fsp3) is 0.833. The van der Waals surface area contributed by atoms with E-state index in [4.69, 9.17) is 4.55 Å². The Kier molecular flexibility index (Phi) is 12.0. The summed E-state index contributed by atoms with van der Waals surface area (Å²) in [5.74, 6) is -0.209. The fourth-order valence-electron chi connectivity index (χ4n) is 1.10. The molecule has 0 fully saturated rings.